The first-order valence-corrected chi connectivity index (χ1v) is 11.7. The van der Waals surface area contributed by atoms with Gasteiger partial charge in [0.2, 0.25) is 5.91 Å². The molecule has 0 saturated carbocycles. The van der Waals surface area contributed by atoms with Gasteiger partial charge in [-0.1, -0.05) is 36.4 Å². The zero-order valence-electron chi connectivity index (χ0n) is 18.6. The Labute approximate surface area is 189 Å². The number of hydrogen-bond donors (Lipinski definition) is 1. The number of ether oxygens (including phenoxy) is 1. The lowest BCUT2D eigenvalue weighted by atomic mass is 9.76. The quantitative estimate of drug-likeness (QED) is 0.802. The van der Waals surface area contributed by atoms with Gasteiger partial charge in [-0.25, -0.2) is 4.79 Å². The third-order valence-corrected chi connectivity index (χ3v) is 7.34. The Balaban J connectivity index is 1.32. The summed E-state index contributed by atoms with van der Waals surface area (Å²) in [6.45, 7) is 2.06. The number of carbonyl (C=O) groups excluding carboxylic acids is 2. The van der Waals surface area contributed by atoms with Crippen molar-refractivity contribution in [3.63, 3.8) is 0 Å². The first-order chi connectivity index (χ1) is 15.7. The average Bonchev–Trinajstić information content (AvgIpc) is 2.84. The van der Waals surface area contributed by atoms with Gasteiger partial charge in [0.05, 0.1) is 19.1 Å². The normalized spacial score (nSPS) is 24.3. The van der Waals surface area contributed by atoms with Crippen LogP contribution in [0.5, 0.6) is 5.75 Å². The van der Waals surface area contributed by atoms with Crippen LogP contribution in [0, 0.1) is 5.92 Å². The highest BCUT2D eigenvalue weighted by Crippen LogP contribution is 2.44. The predicted octanol–water partition coefficient (Wildman–Crippen LogP) is 3.56. The zero-order valence-corrected chi connectivity index (χ0v) is 18.6. The molecule has 6 nitrogen and oxygen atoms in total. The Bertz CT molecular complexity index is 993. The molecule has 0 bridgehead atoms. The van der Waals surface area contributed by atoms with E-state index >= 15 is 0 Å². The number of nitrogens with one attached hydrogen (secondary N) is 1. The Hall–Kier alpha value is -3.02. The van der Waals surface area contributed by atoms with Crippen LogP contribution in [0.4, 0.5) is 4.79 Å². The molecule has 5 rings (SSSR count). The van der Waals surface area contributed by atoms with Crippen molar-refractivity contribution in [2.45, 2.75) is 44.2 Å². The van der Waals surface area contributed by atoms with E-state index < -0.39 is 0 Å². The summed E-state index contributed by atoms with van der Waals surface area (Å²) >= 11 is 0. The maximum atomic E-state index is 13.4. The van der Waals surface area contributed by atoms with Gasteiger partial charge in [-0.15, -0.1) is 0 Å². The summed E-state index contributed by atoms with van der Waals surface area (Å²) in [4.78, 5) is 30.5. The van der Waals surface area contributed by atoms with Gasteiger partial charge in [0.15, 0.2) is 0 Å². The molecule has 0 aliphatic carbocycles. The molecule has 3 aliphatic rings. The molecule has 2 aromatic carbocycles. The molecule has 0 spiro atoms. The monoisotopic (exact) mass is 433 g/mol. The average molecular weight is 434 g/mol. The summed E-state index contributed by atoms with van der Waals surface area (Å²) in [5, 5.41) is 3.10. The van der Waals surface area contributed by atoms with Gasteiger partial charge in [-0.3, -0.25) is 4.79 Å². The van der Waals surface area contributed by atoms with Crippen LogP contribution in [-0.4, -0.2) is 54.5 Å². The Kier molecular flexibility index (Phi) is 5.77. The van der Waals surface area contributed by atoms with Crippen LogP contribution in [0.1, 0.15) is 42.0 Å². The van der Waals surface area contributed by atoms with Gasteiger partial charge in [-0.2, -0.15) is 0 Å². The summed E-state index contributed by atoms with van der Waals surface area (Å²) in [6, 6.07) is 16.3. The number of benzene rings is 2. The summed E-state index contributed by atoms with van der Waals surface area (Å²) in [5.41, 5.74) is 3.67. The molecule has 2 fully saturated rings. The molecule has 6 heteroatoms. The van der Waals surface area contributed by atoms with E-state index in [2.05, 4.69) is 34.5 Å². The number of piperidine rings is 2. The van der Waals surface area contributed by atoms with Crippen molar-refractivity contribution in [2.75, 3.05) is 26.7 Å². The topological polar surface area (TPSA) is 61.9 Å². The SMILES string of the molecule is COc1ccc2c(c1)CCN1C(=O)[C@H]3CCCN(C(=O)NCCc4ccccc4)[C@H]3C[C@H]21. The summed E-state index contributed by atoms with van der Waals surface area (Å²) in [6.07, 6.45) is 4.22. The highest BCUT2D eigenvalue weighted by Gasteiger charge is 2.48. The van der Waals surface area contributed by atoms with Crippen LogP contribution >= 0.6 is 0 Å². The molecule has 0 unspecified atom stereocenters. The molecule has 3 aliphatic heterocycles. The zero-order chi connectivity index (χ0) is 22.1. The van der Waals surface area contributed by atoms with E-state index in [0.29, 0.717) is 13.1 Å². The number of nitrogens with zero attached hydrogens (tertiary/aromatic N) is 2. The van der Waals surface area contributed by atoms with E-state index in [1.807, 2.05) is 29.2 Å². The second kappa shape index (κ2) is 8.85. The molecule has 3 atom stereocenters. The number of methoxy groups -OCH3 is 1. The lowest BCUT2D eigenvalue weighted by molar-refractivity contribution is -0.148. The van der Waals surface area contributed by atoms with E-state index in [0.717, 1.165) is 44.4 Å². The second-order valence-electron chi connectivity index (χ2n) is 9.07. The van der Waals surface area contributed by atoms with Crippen molar-refractivity contribution in [1.82, 2.24) is 15.1 Å². The highest BCUT2D eigenvalue weighted by atomic mass is 16.5. The van der Waals surface area contributed by atoms with Gasteiger partial charge in [0, 0.05) is 25.7 Å². The minimum atomic E-state index is -0.0836. The minimum absolute atomic E-state index is 0.0381. The number of amides is 3. The summed E-state index contributed by atoms with van der Waals surface area (Å²) < 4.78 is 5.40. The van der Waals surface area contributed by atoms with Crippen molar-refractivity contribution in [2.24, 2.45) is 5.92 Å². The maximum Gasteiger partial charge on any atom is 0.317 e. The molecule has 3 amide bonds. The van der Waals surface area contributed by atoms with Gasteiger partial charge < -0.3 is 19.9 Å². The number of rotatable bonds is 4. The number of likely N-dealkylation sites (tertiary alicyclic amines) is 1. The fraction of sp³-hybridized carbons (Fsp3) is 0.462. The smallest absolute Gasteiger partial charge is 0.317 e. The Morgan fingerprint density at radius 1 is 1.16 bits per heavy atom. The Morgan fingerprint density at radius 2 is 2.00 bits per heavy atom. The van der Waals surface area contributed by atoms with Gasteiger partial charge >= 0.3 is 6.03 Å². The van der Waals surface area contributed by atoms with Crippen LogP contribution in [0.2, 0.25) is 0 Å². The number of hydrogen-bond acceptors (Lipinski definition) is 3. The third-order valence-electron chi connectivity index (χ3n) is 7.34. The van der Waals surface area contributed by atoms with E-state index in [-0.39, 0.29) is 29.9 Å². The van der Waals surface area contributed by atoms with E-state index in [1.54, 1.807) is 7.11 Å². The van der Waals surface area contributed by atoms with Crippen molar-refractivity contribution < 1.29 is 14.3 Å². The van der Waals surface area contributed by atoms with E-state index in [9.17, 15) is 9.59 Å². The first-order valence-electron chi connectivity index (χ1n) is 11.7. The molecule has 0 radical (unpaired) electrons. The lowest BCUT2D eigenvalue weighted by Crippen LogP contribution is -2.61. The van der Waals surface area contributed by atoms with Crippen LogP contribution in [0.15, 0.2) is 48.5 Å². The number of urea groups is 1. The summed E-state index contributed by atoms with van der Waals surface area (Å²) in [7, 11) is 1.68. The van der Waals surface area contributed by atoms with Crippen molar-refractivity contribution >= 4 is 11.9 Å². The highest BCUT2D eigenvalue weighted by molar-refractivity contribution is 5.83. The summed E-state index contributed by atoms with van der Waals surface area (Å²) in [5.74, 6) is 0.989. The van der Waals surface area contributed by atoms with Gasteiger partial charge in [0.25, 0.3) is 0 Å². The predicted molar refractivity (Wildman–Crippen MR) is 123 cm³/mol. The second-order valence-corrected chi connectivity index (χ2v) is 9.07. The number of fused-ring (bicyclic) bond motifs is 4. The van der Waals surface area contributed by atoms with Crippen LogP contribution in [-0.2, 0) is 17.6 Å². The molecule has 168 valence electrons. The fourth-order valence-electron chi connectivity index (χ4n) is 5.72. The number of carbonyl (C=O) groups is 2. The molecule has 32 heavy (non-hydrogen) atoms. The van der Waals surface area contributed by atoms with Gasteiger partial charge in [0.1, 0.15) is 5.75 Å². The lowest BCUT2D eigenvalue weighted by Gasteiger charge is -2.51. The van der Waals surface area contributed by atoms with Crippen LogP contribution in [0.3, 0.4) is 0 Å². The van der Waals surface area contributed by atoms with E-state index in [4.69, 9.17) is 4.74 Å². The maximum absolute atomic E-state index is 13.4. The van der Waals surface area contributed by atoms with Crippen molar-refractivity contribution in [3.8, 4) is 5.75 Å². The van der Waals surface area contributed by atoms with Crippen molar-refractivity contribution in [1.29, 1.82) is 0 Å². The molecule has 3 heterocycles. The largest absolute Gasteiger partial charge is 0.497 e. The molecular weight excluding hydrogens is 402 g/mol. The molecule has 2 aromatic rings. The van der Waals surface area contributed by atoms with Crippen LogP contribution < -0.4 is 10.1 Å². The van der Waals surface area contributed by atoms with E-state index in [1.165, 1.54) is 16.7 Å². The molecule has 0 aromatic heterocycles. The molecule has 1 N–H and O–H groups in total. The minimum Gasteiger partial charge on any atom is -0.497 e. The standard InChI is InChI=1S/C26H31N3O3/c1-32-20-9-10-21-19(16-20)12-15-28-23(21)17-24-22(25(28)30)8-5-14-29(24)26(31)27-13-11-18-6-3-2-4-7-18/h2-4,6-7,9-10,16,22-24H,5,8,11-15,17H2,1H3,(H,27,31)/t22-,23+,24-/m0/s1. The molecular formula is C26H31N3O3. The fourth-order valence-corrected chi connectivity index (χ4v) is 5.72. The Morgan fingerprint density at radius 3 is 2.81 bits per heavy atom. The third kappa shape index (κ3) is 3.83. The van der Waals surface area contributed by atoms with Gasteiger partial charge in [-0.05, 0) is 60.9 Å². The molecule has 2 saturated heterocycles. The first kappa shape index (κ1) is 20.9. The van der Waals surface area contributed by atoms with Crippen molar-refractivity contribution in [3.05, 3.63) is 65.2 Å². The van der Waals surface area contributed by atoms with Crippen LogP contribution in [0.25, 0.3) is 0 Å².